The van der Waals surface area contributed by atoms with E-state index in [1.807, 2.05) is 0 Å². The molecule has 0 radical (unpaired) electrons. The molecule has 0 aromatic carbocycles. The second kappa shape index (κ2) is 63.3. The number of esters is 3. The Hall–Kier alpha value is -4.19. The largest absolute Gasteiger partial charge is 0.462 e. The van der Waals surface area contributed by atoms with E-state index in [-0.39, 0.29) is 31.1 Å². The van der Waals surface area contributed by atoms with Gasteiger partial charge in [-0.3, -0.25) is 14.4 Å². The number of allylic oxidation sites excluding steroid dienone is 20. The molecule has 6 nitrogen and oxygen atoms in total. The molecule has 0 N–H and O–H groups in total. The van der Waals surface area contributed by atoms with Gasteiger partial charge in [-0.25, -0.2) is 0 Å². The molecule has 76 heavy (non-hydrogen) atoms. The molecule has 1 unspecified atom stereocenters. The first-order chi connectivity index (χ1) is 37.5. The summed E-state index contributed by atoms with van der Waals surface area (Å²) in [5, 5.41) is 0. The monoisotopic (exact) mass is 1050 g/mol. The van der Waals surface area contributed by atoms with Crippen molar-refractivity contribution in [2.45, 2.75) is 290 Å². The highest BCUT2D eigenvalue weighted by Gasteiger charge is 2.19. The number of unbranched alkanes of at least 4 members (excludes halogenated alkanes) is 25. The summed E-state index contributed by atoms with van der Waals surface area (Å²) in [5.41, 5.74) is 0. The van der Waals surface area contributed by atoms with Gasteiger partial charge in [0, 0.05) is 19.3 Å². The van der Waals surface area contributed by atoms with Crippen molar-refractivity contribution in [1.29, 1.82) is 0 Å². The maximum atomic E-state index is 12.9. The third kappa shape index (κ3) is 60.7. The molecule has 0 fully saturated rings. The van der Waals surface area contributed by atoms with Gasteiger partial charge >= 0.3 is 17.9 Å². The summed E-state index contributed by atoms with van der Waals surface area (Å²) in [4.78, 5) is 38.2. The summed E-state index contributed by atoms with van der Waals surface area (Å²) in [5.74, 6) is -0.914. The zero-order valence-corrected chi connectivity index (χ0v) is 49.5. The Morgan fingerprint density at radius 3 is 0.829 bits per heavy atom. The van der Waals surface area contributed by atoms with Gasteiger partial charge in [-0.2, -0.15) is 0 Å². The first-order valence-electron chi connectivity index (χ1n) is 31.5. The molecular formula is C70H116O6. The minimum absolute atomic E-state index is 0.0881. The smallest absolute Gasteiger partial charge is 0.306 e. The molecule has 6 heteroatoms. The average molecular weight is 1050 g/mol. The van der Waals surface area contributed by atoms with Crippen LogP contribution in [0.4, 0.5) is 0 Å². The third-order valence-corrected chi connectivity index (χ3v) is 13.2. The molecule has 432 valence electrons. The maximum Gasteiger partial charge on any atom is 0.306 e. The van der Waals surface area contributed by atoms with Gasteiger partial charge in [0.15, 0.2) is 6.10 Å². The Balaban J connectivity index is 4.31. The van der Waals surface area contributed by atoms with Crippen molar-refractivity contribution in [2.75, 3.05) is 13.2 Å². The highest BCUT2D eigenvalue weighted by molar-refractivity contribution is 5.71. The molecule has 0 heterocycles. The summed E-state index contributed by atoms with van der Waals surface area (Å²) >= 11 is 0. The lowest BCUT2D eigenvalue weighted by Crippen LogP contribution is -2.30. The number of rotatable bonds is 56. The molecule has 0 bridgehead atoms. The van der Waals surface area contributed by atoms with E-state index in [2.05, 4.69) is 142 Å². The second-order valence-electron chi connectivity index (χ2n) is 20.6. The van der Waals surface area contributed by atoms with Crippen molar-refractivity contribution >= 4 is 17.9 Å². The van der Waals surface area contributed by atoms with Gasteiger partial charge in [0.05, 0.1) is 0 Å². The minimum atomic E-state index is -0.793. The van der Waals surface area contributed by atoms with Crippen LogP contribution in [0.3, 0.4) is 0 Å². The molecular weight excluding hydrogens is 937 g/mol. The fourth-order valence-corrected chi connectivity index (χ4v) is 8.49. The van der Waals surface area contributed by atoms with Crippen LogP contribution in [0.2, 0.25) is 0 Å². The molecule has 0 spiro atoms. The van der Waals surface area contributed by atoms with Gasteiger partial charge in [-0.1, -0.05) is 271 Å². The summed E-state index contributed by atoms with van der Waals surface area (Å²) in [6.45, 7) is 6.48. The van der Waals surface area contributed by atoms with Crippen LogP contribution in [-0.4, -0.2) is 37.2 Å². The predicted molar refractivity (Wildman–Crippen MR) is 330 cm³/mol. The fourth-order valence-electron chi connectivity index (χ4n) is 8.49. The first-order valence-corrected chi connectivity index (χ1v) is 31.5. The molecule has 0 rings (SSSR count). The van der Waals surface area contributed by atoms with Gasteiger partial charge < -0.3 is 14.2 Å². The lowest BCUT2D eigenvalue weighted by atomic mass is 10.0. The molecule has 0 saturated heterocycles. The standard InChI is InChI=1S/C70H116O6/c1-4-7-10-13-16-19-22-25-27-28-29-30-31-32-33-34-35-36-37-38-39-40-41-42-44-45-48-51-54-57-60-63-69(72)75-66-67(65-74-68(71)62-59-56-53-50-47-24-21-18-15-12-9-6-3)76-70(73)64-61-58-55-52-49-46-43-26-23-20-17-14-11-8-5-2/h7,10,16-17,19-20,25-27,29-30,32-33,35-36,38-39,41-43,67H,4-6,8-9,11-15,18,21-24,28,31,34,37,40,44-66H2,1-3H3/b10-7-,19-16-,20-17-,27-25-,30-29-,33-32-,36-35-,39-38-,42-41-,43-26-. The van der Waals surface area contributed by atoms with E-state index in [4.69, 9.17) is 14.2 Å². The number of carbonyl (C=O) groups excluding carboxylic acids is 3. The van der Waals surface area contributed by atoms with Crippen molar-refractivity contribution in [3.63, 3.8) is 0 Å². The quantitative estimate of drug-likeness (QED) is 0.0261. The zero-order chi connectivity index (χ0) is 55.0. The van der Waals surface area contributed by atoms with E-state index in [9.17, 15) is 14.4 Å². The zero-order valence-electron chi connectivity index (χ0n) is 49.5. The maximum absolute atomic E-state index is 12.9. The van der Waals surface area contributed by atoms with Crippen LogP contribution in [0.15, 0.2) is 122 Å². The third-order valence-electron chi connectivity index (χ3n) is 13.2. The van der Waals surface area contributed by atoms with Crippen LogP contribution >= 0.6 is 0 Å². The van der Waals surface area contributed by atoms with Gasteiger partial charge in [0.25, 0.3) is 0 Å². The number of ether oxygens (including phenoxy) is 3. The van der Waals surface area contributed by atoms with Crippen molar-refractivity contribution in [3.8, 4) is 0 Å². The molecule has 0 aromatic rings. The van der Waals surface area contributed by atoms with Gasteiger partial charge in [-0.15, -0.1) is 0 Å². The number of hydrogen-bond acceptors (Lipinski definition) is 6. The highest BCUT2D eigenvalue weighted by Crippen LogP contribution is 2.15. The van der Waals surface area contributed by atoms with E-state index in [0.717, 1.165) is 148 Å². The van der Waals surface area contributed by atoms with Crippen LogP contribution in [0, 0.1) is 0 Å². The molecule has 0 aliphatic heterocycles. The van der Waals surface area contributed by atoms with Crippen molar-refractivity contribution in [1.82, 2.24) is 0 Å². The van der Waals surface area contributed by atoms with E-state index in [0.29, 0.717) is 19.3 Å². The Morgan fingerprint density at radius 1 is 0.276 bits per heavy atom. The number of carbonyl (C=O) groups is 3. The van der Waals surface area contributed by atoms with Gasteiger partial charge in [0.2, 0.25) is 0 Å². The van der Waals surface area contributed by atoms with E-state index >= 15 is 0 Å². The lowest BCUT2D eigenvalue weighted by Gasteiger charge is -2.18. The van der Waals surface area contributed by atoms with E-state index in [1.54, 1.807) is 0 Å². The van der Waals surface area contributed by atoms with E-state index in [1.165, 1.54) is 96.3 Å². The Bertz CT molecular complexity index is 1590. The van der Waals surface area contributed by atoms with E-state index < -0.39 is 6.10 Å². The van der Waals surface area contributed by atoms with Crippen LogP contribution in [0.1, 0.15) is 284 Å². The van der Waals surface area contributed by atoms with Crippen LogP contribution < -0.4 is 0 Å². The molecule has 0 aliphatic rings. The van der Waals surface area contributed by atoms with Crippen molar-refractivity contribution in [3.05, 3.63) is 122 Å². The molecule has 0 aromatic heterocycles. The van der Waals surface area contributed by atoms with Crippen LogP contribution in [-0.2, 0) is 28.6 Å². The van der Waals surface area contributed by atoms with Gasteiger partial charge in [0.1, 0.15) is 13.2 Å². The fraction of sp³-hybridized carbons (Fsp3) is 0.671. The Kier molecular flexibility index (Phi) is 59.9. The normalized spacial score (nSPS) is 12.9. The average Bonchev–Trinajstić information content (AvgIpc) is 3.42. The minimum Gasteiger partial charge on any atom is -0.462 e. The predicted octanol–water partition coefficient (Wildman–Crippen LogP) is 21.6. The Morgan fingerprint density at radius 2 is 0.513 bits per heavy atom. The second-order valence-corrected chi connectivity index (χ2v) is 20.6. The Labute approximate surface area is 469 Å². The molecule has 0 saturated carbocycles. The molecule has 0 aliphatic carbocycles. The SMILES string of the molecule is CC/C=C\C/C=C\C/C=C\C/C=C\C/C=C\C/C=C\C/C=C\C/C=C\CCCCCCCCC(=O)OCC(COC(=O)CCCCCCCCCCCCCC)OC(=O)CCCCCCC/C=C\C/C=C\CCCCC. The van der Waals surface area contributed by atoms with Crippen molar-refractivity contribution < 1.29 is 28.6 Å². The summed E-state index contributed by atoms with van der Waals surface area (Å²) in [6, 6.07) is 0. The lowest BCUT2D eigenvalue weighted by molar-refractivity contribution is -0.167. The first kappa shape index (κ1) is 71.8. The molecule has 0 amide bonds. The van der Waals surface area contributed by atoms with Crippen LogP contribution in [0.5, 0.6) is 0 Å². The van der Waals surface area contributed by atoms with Gasteiger partial charge in [-0.05, 0) is 116 Å². The summed E-state index contributed by atoms with van der Waals surface area (Å²) in [6.07, 6.45) is 87.7. The summed E-state index contributed by atoms with van der Waals surface area (Å²) in [7, 11) is 0. The topological polar surface area (TPSA) is 78.9 Å². The number of hydrogen-bond donors (Lipinski definition) is 0. The molecule has 1 atom stereocenters. The highest BCUT2D eigenvalue weighted by atomic mass is 16.6. The van der Waals surface area contributed by atoms with Crippen molar-refractivity contribution in [2.24, 2.45) is 0 Å². The summed E-state index contributed by atoms with van der Waals surface area (Å²) < 4.78 is 16.9. The van der Waals surface area contributed by atoms with Crippen LogP contribution in [0.25, 0.3) is 0 Å².